The lowest BCUT2D eigenvalue weighted by molar-refractivity contribution is 0.0696. The molecule has 3 aromatic rings. The number of aromatic carboxylic acids is 1. The van der Waals surface area contributed by atoms with Gasteiger partial charge in [0.1, 0.15) is 6.07 Å². The van der Waals surface area contributed by atoms with Crippen molar-refractivity contribution in [2.75, 3.05) is 0 Å². The van der Waals surface area contributed by atoms with Crippen molar-refractivity contribution in [3.8, 4) is 17.3 Å². The van der Waals surface area contributed by atoms with Gasteiger partial charge in [0.25, 0.3) is 0 Å². The molecule has 1 N–H and O–H groups in total. The average molecular weight is 320 g/mol. The van der Waals surface area contributed by atoms with Gasteiger partial charge in [-0.3, -0.25) is 9.67 Å². The molecule has 6 nitrogen and oxygen atoms in total. The summed E-state index contributed by atoms with van der Waals surface area (Å²) in [5.41, 5.74) is 3.41. The Morgan fingerprint density at radius 3 is 2.71 bits per heavy atom. The molecule has 0 radical (unpaired) electrons. The molecule has 0 saturated carbocycles. The maximum absolute atomic E-state index is 11.3. The van der Waals surface area contributed by atoms with E-state index in [0.717, 1.165) is 16.5 Å². The molecule has 120 valence electrons. The van der Waals surface area contributed by atoms with Crippen molar-refractivity contribution >= 4 is 16.9 Å². The first kappa shape index (κ1) is 15.7. The van der Waals surface area contributed by atoms with Crippen LogP contribution < -0.4 is 0 Å². The van der Waals surface area contributed by atoms with Gasteiger partial charge in [0, 0.05) is 23.2 Å². The van der Waals surface area contributed by atoms with E-state index in [2.05, 4.69) is 16.2 Å². The Kier molecular flexibility index (Phi) is 3.78. The van der Waals surface area contributed by atoms with E-state index in [4.69, 9.17) is 0 Å². The van der Waals surface area contributed by atoms with E-state index in [-0.39, 0.29) is 11.6 Å². The molecule has 0 atom stereocenters. The third kappa shape index (κ3) is 2.40. The highest BCUT2D eigenvalue weighted by Crippen LogP contribution is 2.29. The molecule has 0 bridgehead atoms. The van der Waals surface area contributed by atoms with Gasteiger partial charge in [-0.05, 0) is 44.5 Å². The molecule has 2 heterocycles. The molecule has 0 aliphatic carbocycles. The normalized spacial score (nSPS) is 11.0. The van der Waals surface area contributed by atoms with Crippen LogP contribution in [0.25, 0.3) is 22.2 Å². The second-order valence-corrected chi connectivity index (χ2v) is 5.87. The van der Waals surface area contributed by atoms with E-state index < -0.39 is 5.97 Å². The fourth-order valence-corrected chi connectivity index (χ4v) is 2.82. The lowest BCUT2D eigenvalue weighted by atomic mass is 10.0. The number of hydrogen-bond acceptors (Lipinski definition) is 4. The molecule has 0 amide bonds. The van der Waals surface area contributed by atoms with Gasteiger partial charge in [0.2, 0.25) is 0 Å². The van der Waals surface area contributed by atoms with Crippen molar-refractivity contribution < 1.29 is 9.90 Å². The van der Waals surface area contributed by atoms with E-state index in [1.165, 1.54) is 12.3 Å². The highest BCUT2D eigenvalue weighted by molar-refractivity contribution is 5.93. The number of carboxylic acid groups (broad SMARTS) is 1. The topological polar surface area (TPSA) is 91.8 Å². The Labute approximate surface area is 139 Å². The summed E-state index contributed by atoms with van der Waals surface area (Å²) >= 11 is 0. The van der Waals surface area contributed by atoms with Crippen LogP contribution in [-0.4, -0.2) is 25.8 Å². The maximum atomic E-state index is 11.3. The van der Waals surface area contributed by atoms with Crippen LogP contribution in [0.4, 0.5) is 0 Å². The van der Waals surface area contributed by atoms with Crippen LogP contribution in [-0.2, 0) is 0 Å². The number of fused-ring (bicyclic) bond motifs is 1. The van der Waals surface area contributed by atoms with Gasteiger partial charge in [0.15, 0.2) is 5.69 Å². The summed E-state index contributed by atoms with van der Waals surface area (Å²) in [6.07, 6.45) is 1.48. The minimum atomic E-state index is -0.984. The molecule has 1 aromatic carbocycles. The molecule has 24 heavy (non-hydrogen) atoms. The molecule has 0 aliphatic heterocycles. The minimum Gasteiger partial charge on any atom is -0.478 e. The number of carbonyl (C=O) groups is 1. The zero-order chi connectivity index (χ0) is 17.4. The van der Waals surface area contributed by atoms with Crippen molar-refractivity contribution in [2.45, 2.75) is 26.8 Å². The van der Waals surface area contributed by atoms with Crippen LogP contribution in [0.3, 0.4) is 0 Å². The number of aromatic nitrogens is 3. The maximum Gasteiger partial charge on any atom is 0.336 e. The first-order chi connectivity index (χ1) is 11.4. The number of hydrogen-bond donors (Lipinski definition) is 1. The zero-order valence-corrected chi connectivity index (χ0v) is 13.6. The van der Waals surface area contributed by atoms with Gasteiger partial charge in [-0.2, -0.15) is 10.4 Å². The third-order valence-electron chi connectivity index (χ3n) is 4.01. The van der Waals surface area contributed by atoms with Crippen LogP contribution in [0.2, 0.25) is 0 Å². The first-order valence-corrected chi connectivity index (χ1v) is 7.55. The fourth-order valence-electron chi connectivity index (χ4n) is 2.82. The van der Waals surface area contributed by atoms with Gasteiger partial charge in [0.05, 0.1) is 16.8 Å². The van der Waals surface area contributed by atoms with Crippen LogP contribution >= 0.6 is 0 Å². The van der Waals surface area contributed by atoms with Crippen molar-refractivity contribution in [1.29, 1.82) is 5.26 Å². The predicted octanol–water partition coefficient (Wildman–Crippen LogP) is 3.56. The average Bonchev–Trinajstić information content (AvgIpc) is 2.93. The molecule has 0 spiro atoms. The smallest absolute Gasteiger partial charge is 0.336 e. The Morgan fingerprint density at radius 1 is 1.33 bits per heavy atom. The molecule has 2 aromatic heterocycles. The van der Waals surface area contributed by atoms with E-state index in [0.29, 0.717) is 17.0 Å². The molecule has 0 fully saturated rings. The van der Waals surface area contributed by atoms with Crippen LogP contribution in [0.1, 0.15) is 41.5 Å². The molecular weight excluding hydrogens is 304 g/mol. The Bertz CT molecular complexity index is 996. The standard InChI is InChI=1S/C18H16N4O2/c1-10(2)22-16-5-4-12(8-14(16)15(9-19)21-22)17-11(3)13(18(23)24)6-7-20-17/h4-8,10H,1-3H3,(H,23,24). The van der Waals surface area contributed by atoms with Crippen molar-refractivity contribution in [3.05, 3.63) is 47.3 Å². The zero-order valence-electron chi connectivity index (χ0n) is 13.6. The second-order valence-electron chi connectivity index (χ2n) is 5.87. The Morgan fingerprint density at radius 2 is 2.08 bits per heavy atom. The Balaban J connectivity index is 2.25. The van der Waals surface area contributed by atoms with E-state index in [9.17, 15) is 15.2 Å². The summed E-state index contributed by atoms with van der Waals surface area (Å²) in [4.78, 5) is 15.6. The molecule has 3 rings (SSSR count). The largest absolute Gasteiger partial charge is 0.478 e. The fraction of sp³-hybridized carbons (Fsp3) is 0.222. The Hall–Kier alpha value is -3.20. The van der Waals surface area contributed by atoms with Crippen molar-refractivity contribution in [3.63, 3.8) is 0 Å². The summed E-state index contributed by atoms with van der Waals surface area (Å²) in [6, 6.07) is 9.36. The van der Waals surface area contributed by atoms with Gasteiger partial charge >= 0.3 is 5.97 Å². The van der Waals surface area contributed by atoms with E-state index in [1.807, 2.05) is 36.7 Å². The van der Waals surface area contributed by atoms with Crippen LogP contribution in [0.5, 0.6) is 0 Å². The van der Waals surface area contributed by atoms with Crippen LogP contribution in [0, 0.1) is 18.3 Å². The second kappa shape index (κ2) is 5.78. The lowest BCUT2D eigenvalue weighted by Gasteiger charge is -2.09. The monoisotopic (exact) mass is 320 g/mol. The number of carboxylic acids is 1. The number of rotatable bonds is 3. The van der Waals surface area contributed by atoms with Crippen LogP contribution in [0.15, 0.2) is 30.5 Å². The van der Waals surface area contributed by atoms with Gasteiger partial charge in [-0.15, -0.1) is 0 Å². The summed E-state index contributed by atoms with van der Waals surface area (Å²) in [5, 5.41) is 23.7. The summed E-state index contributed by atoms with van der Waals surface area (Å²) in [7, 11) is 0. The molecule has 0 saturated heterocycles. The van der Waals surface area contributed by atoms with E-state index in [1.54, 1.807) is 6.92 Å². The van der Waals surface area contributed by atoms with Crippen molar-refractivity contribution in [1.82, 2.24) is 14.8 Å². The van der Waals surface area contributed by atoms with Gasteiger partial charge < -0.3 is 5.11 Å². The van der Waals surface area contributed by atoms with Gasteiger partial charge in [-0.1, -0.05) is 6.07 Å². The number of pyridine rings is 1. The molecule has 0 aliphatic rings. The number of nitrogens with zero attached hydrogens (tertiary/aromatic N) is 4. The first-order valence-electron chi connectivity index (χ1n) is 7.55. The molecule has 6 heteroatoms. The van der Waals surface area contributed by atoms with E-state index >= 15 is 0 Å². The lowest BCUT2D eigenvalue weighted by Crippen LogP contribution is -2.03. The third-order valence-corrected chi connectivity index (χ3v) is 4.01. The van der Waals surface area contributed by atoms with Crippen molar-refractivity contribution in [2.24, 2.45) is 0 Å². The quantitative estimate of drug-likeness (QED) is 0.796. The molecular formula is C18H16N4O2. The number of nitriles is 1. The predicted molar refractivity (Wildman–Crippen MR) is 89.8 cm³/mol. The number of benzene rings is 1. The summed E-state index contributed by atoms with van der Waals surface area (Å²) < 4.78 is 1.81. The highest BCUT2D eigenvalue weighted by Gasteiger charge is 2.16. The minimum absolute atomic E-state index is 0.135. The van der Waals surface area contributed by atoms with Gasteiger partial charge in [-0.25, -0.2) is 4.79 Å². The summed E-state index contributed by atoms with van der Waals surface area (Å²) in [6.45, 7) is 5.74. The molecule has 0 unspecified atom stereocenters. The highest BCUT2D eigenvalue weighted by atomic mass is 16.4. The summed E-state index contributed by atoms with van der Waals surface area (Å²) in [5.74, 6) is -0.984. The SMILES string of the molecule is Cc1c(C(=O)O)ccnc1-c1ccc2c(c1)c(C#N)nn2C(C)C.